The standard InChI is InChI=1S/C2H2N6/c3-1-2(4)6-8-7-5-1/h3-4H. The maximum atomic E-state index is 6.76. The van der Waals surface area contributed by atoms with Crippen LogP contribution in [0.3, 0.4) is 0 Å². The SMILES string of the molecule is N=C1N=NN=NC1=N. The summed E-state index contributed by atoms with van der Waals surface area (Å²) < 4.78 is 0. The Morgan fingerprint density at radius 3 is 1.50 bits per heavy atom. The largest absolute Gasteiger partial charge is 0.278 e. The van der Waals surface area contributed by atoms with Crippen LogP contribution in [0.4, 0.5) is 0 Å². The molecule has 1 heterocycles. The Balaban J connectivity index is 2.89. The highest BCUT2D eigenvalue weighted by atomic mass is 15.5. The molecule has 2 N–H and O–H groups in total. The van der Waals surface area contributed by atoms with Gasteiger partial charge in [-0.3, -0.25) is 10.8 Å². The van der Waals surface area contributed by atoms with E-state index in [-0.39, 0.29) is 11.7 Å². The van der Waals surface area contributed by atoms with E-state index >= 15 is 0 Å². The van der Waals surface area contributed by atoms with E-state index < -0.39 is 0 Å². The summed E-state index contributed by atoms with van der Waals surface area (Å²) in [4.78, 5) is 0. The Kier molecular flexibility index (Phi) is 0.918. The lowest BCUT2D eigenvalue weighted by Crippen LogP contribution is -2.06. The second-order valence-corrected chi connectivity index (χ2v) is 1.08. The number of nitrogens with zero attached hydrogens (tertiary/aromatic N) is 4. The lowest BCUT2D eigenvalue weighted by atomic mass is 10.6. The van der Waals surface area contributed by atoms with E-state index in [1.807, 2.05) is 0 Å². The normalized spacial score (nSPS) is 17.5. The number of hydrogen-bond acceptors (Lipinski definition) is 4. The number of amidine groups is 2. The molecule has 6 heteroatoms. The van der Waals surface area contributed by atoms with Crippen molar-refractivity contribution in [3.63, 3.8) is 0 Å². The summed E-state index contributed by atoms with van der Waals surface area (Å²) in [5.41, 5.74) is 0. The number of rotatable bonds is 0. The first kappa shape index (κ1) is 4.69. The summed E-state index contributed by atoms with van der Waals surface area (Å²) in [7, 11) is 0. The minimum absolute atomic E-state index is 0.250. The minimum atomic E-state index is -0.250. The van der Waals surface area contributed by atoms with Crippen molar-refractivity contribution in [1.29, 1.82) is 10.8 Å². The highest BCUT2D eigenvalue weighted by Crippen LogP contribution is 1.93. The molecular weight excluding hydrogens is 108 g/mol. The molecule has 0 saturated heterocycles. The molecule has 1 aliphatic heterocycles. The van der Waals surface area contributed by atoms with Gasteiger partial charge >= 0.3 is 0 Å². The molecule has 0 aromatic heterocycles. The van der Waals surface area contributed by atoms with Crippen molar-refractivity contribution < 1.29 is 0 Å². The fourth-order valence-electron chi connectivity index (χ4n) is 0.224. The second kappa shape index (κ2) is 1.57. The van der Waals surface area contributed by atoms with Crippen LogP contribution >= 0.6 is 0 Å². The lowest BCUT2D eigenvalue weighted by molar-refractivity contribution is 0.957. The summed E-state index contributed by atoms with van der Waals surface area (Å²) in [5.74, 6) is -0.500. The molecule has 0 fully saturated rings. The van der Waals surface area contributed by atoms with Gasteiger partial charge in [0.05, 0.1) is 0 Å². The van der Waals surface area contributed by atoms with Gasteiger partial charge in [-0.25, -0.2) is 0 Å². The molecule has 0 aromatic carbocycles. The van der Waals surface area contributed by atoms with Crippen molar-refractivity contribution in [2.24, 2.45) is 20.7 Å². The third-order valence-electron chi connectivity index (χ3n) is 0.554. The molecule has 0 saturated carbocycles. The zero-order valence-electron chi connectivity index (χ0n) is 3.79. The van der Waals surface area contributed by atoms with Crippen molar-refractivity contribution >= 4 is 11.7 Å². The Labute approximate surface area is 44.3 Å². The van der Waals surface area contributed by atoms with Gasteiger partial charge in [0.15, 0.2) is 0 Å². The van der Waals surface area contributed by atoms with Gasteiger partial charge in [0.25, 0.3) is 0 Å². The van der Waals surface area contributed by atoms with E-state index in [1.165, 1.54) is 0 Å². The molecule has 0 radical (unpaired) electrons. The van der Waals surface area contributed by atoms with E-state index in [4.69, 9.17) is 10.8 Å². The zero-order valence-corrected chi connectivity index (χ0v) is 3.79. The maximum Gasteiger partial charge on any atom is 0.215 e. The van der Waals surface area contributed by atoms with Crippen LogP contribution in [0.25, 0.3) is 0 Å². The molecule has 1 aliphatic rings. The van der Waals surface area contributed by atoms with Gasteiger partial charge in [0.1, 0.15) is 0 Å². The van der Waals surface area contributed by atoms with E-state index in [1.54, 1.807) is 0 Å². The monoisotopic (exact) mass is 110 g/mol. The van der Waals surface area contributed by atoms with Crippen LogP contribution in [0, 0.1) is 10.8 Å². The van der Waals surface area contributed by atoms with Crippen LogP contribution in [-0.4, -0.2) is 11.7 Å². The van der Waals surface area contributed by atoms with Crippen LogP contribution < -0.4 is 0 Å². The van der Waals surface area contributed by atoms with Crippen LogP contribution in [0.5, 0.6) is 0 Å². The minimum Gasteiger partial charge on any atom is -0.278 e. The van der Waals surface area contributed by atoms with Crippen molar-refractivity contribution in [3.8, 4) is 0 Å². The average Bonchev–Trinajstić information content (AvgIpc) is 1.77. The lowest BCUT2D eigenvalue weighted by Gasteiger charge is -1.90. The third-order valence-corrected chi connectivity index (χ3v) is 0.554. The molecular formula is C2H2N6. The first-order valence-corrected chi connectivity index (χ1v) is 1.80. The average molecular weight is 110 g/mol. The second-order valence-electron chi connectivity index (χ2n) is 1.08. The molecule has 0 unspecified atom stereocenters. The van der Waals surface area contributed by atoms with Crippen LogP contribution in [-0.2, 0) is 0 Å². The Morgan fingerprint density at radius 2 is 1.25 bits per heavy atom. The predicted octanol–water partition coefficient (Wildman–Crippen LogP) is 0.774. The molecule has 0 amide bonds. The van der Waals surface area contributed by atoms with Crippen LogP contribution in [0.2, 0.25) is 0 Å². The Hall–Kier alpha value is -1.46. The summed E-state index contributed by atoms with van der Waals surface area (Å²) in [5, 5.41) is 25.8. The van der Waals surface area contributed by atoms with E-state index in [9.17, 15) is 0 Å². The van der Waals surface area contributed by atoms with Crippen molar-refractivity contribution in [3.05, 3.63) is 0 Å². The highest BCUT2D eigenvalue weighted by Gasteiger charge is 2.04. The van der Waals surface area contributed by atoms with Crippen molar-refractivity contribution in [1.82, 2.24) is 0 Å². The molecule has 8 heavy (non-hydrogen) atoms. The first-order valence-electron chi connectivity index (χ1n) is 1.80. The molecule has 6 nitrogen and oxygen atoms in total. The molecule has 40 valence electrons. The summed E-state index contributed by atoms with van der Waals surface area (Å²) in [6.45, 7) is 0. The third kappa shape index (κ3) is 0.625. The van der Waals surface area contributed by atoms with Crippen LogP contribution in [0.15, 0.2) is 20.7 Å². The van der Waals surface area contributed by atoms with Crippen LogP contribution in [0.1, 0.15) is 0 Å². The predicted molar refractivity (Wildman–Crippen MR) is 25.2 cm³/mol. The van der Waals surface area contributed by atoms with Gasteiger partial charge in [0.2, 0.25) is 11.7 Å². The van der Waals surface area contributed by atoms with E-state index in [0.717, 1.165) is 0 Å². The quantitative estimate of drug-likeness (QED) is 0.460. The molecule has 0 aromatic rings. The number of nitrogens with one attached hydrogen (secondary N) is 2. The van der Waals surface area contributed by atoms with Crippen molar-refractivity contribution in [2.75, 3.05) is 0 Å². The zero-order chi connectivity index (χ0) is 5.98. The van der Waals surface area contributed by atoms with Gasteiger partial charge in [-0.05, 0) is 10.4 Å². The van der Waals surface area contributed by atoms with Gasteiger partial charge in [0, 0.05) is 0 Å². The smallest absolute Gasteiger partial charge is 0.215 e. The Morgan fingerprint density at radius 1 is 0.875 bits per heavy atom. The van der Waals surface area contributed by atoms with Gasteiger partial charge in [-0.2, -0.15) is 0 Å². The topological polar surface area (TPSA) is 97.1 Å². The Bertz CT molecular complexity index is 165. The summed E-state index contributed by atoms with van der Waals surface area (Å²) >= 11 is 0. The number of hydrogen-bond donors (Lipinski definition) is 2. The van der Waals surface area contributed by atoms with Gasteiger partial charge in [-0.15, -0.1) is 10.2 Å². The van der Waals surface area contributed by atoms with E-state index in [0.29, 0.717) is 0 Å². The maximum absolute atomic E-state index is 6.76. The molecule has 1 rings (SSSR count). The fourth-order valence-corrected chi connectivity index (χ4v) is 0.224. The van der Waals surface area contributed by atoms with Gasteiger partial charge < -0.3 is 0 Å². The fraction of sp³-hybridized carbons (Fsp3) is 0. The summed E-state index contributed by atoms with van der Waals surface area (Å²) in [6.07, 6.45) is 0. The van der Waals surface area contributed by atoms with E-state index in [2.05, 4.69) is 20.7 Å². The molecule has 0 atom stereocenters. The molecule has 0 bridgehead atoms. The molecule has 0 spiro atoms. The van der Waals surface area contributed by atoms with Gasteiger partial charge in [-0.1, -0.05) is 0 Å². The summed E-state index contributed by atoms with van der Waals surface area (Å²) in [6, 6.07) is 0. The first-order chi connectivity index (χ1) is 3.80. The van der Waals surface area contributed by atoms with Crippen molar-refractivity contribution in [2.45, 2.75) is 0 Å². The highest BCUT2D eigenvalue weighted by molar-refractivity contribution is 6.38. The molecule has 0 aliphatic carbocycles.